The Morgan fingerprint density at radius 3 is 2.83 bits per heavy atom. The molecule has 0 saturated carbocycles. The molecular weight excluding hydrogens is 156 g/mol. The van der Waals surface area contributed by atoms with Gasteiger partial charge in [0.1, 0.15) is 11.6 Å². The van der Waals surface area contributed by atoms with Crippen molar-refractivity contribution in [2.45, 2.75) is 20.3 Å². The molecule has 1 heterocycles. The molecule has 0 radical (unpaired) electrons. The molecule has 4 nitrogen and oxygen atoms in total. The number of carbonyl (C=O) groups is 1. The third-order valence-corrected chi connectivity index (χ3v) is 1.34. The molecule has 0 bridgehead atoms. The van der Waals surface area contributed by atoms with Crippen LogP contribution in [0.25, 0.3) is 0 Å². The molecule has 0 saturated heterocycles. The number of rotatable bonds is 2. The van der Waals surface area contributed by atoms with E-state index in [1.807, 2.05) is 0 Å². The van der Waals surface area contributed by atoms with E-state index in [2.05, 4.69) is 9.97 Å². The monoisotopic (exact) mass is 166 g/mol. The van der Waals surface area contributed by atoms with Crippen LogP contribution in [0.15, 0.2) is 10.9 Å². The lowest BCUT2D eigenvalue weighted by molar-refractivity contribution is -0.116. The van der Waals surface area contributed by atoms with Gasteiger partial charge in [-0.05, 0) is 13.8 Å². The molecule has 1 aromatic heterocycles. The van der Waals surface area contributed by atoms with Gasteiger partial charge in [0.05, 0.1) is 5.69 Å². The zero-order chi connectivity index (χ0) is 9.14. The normalized spacial score (nSPS) is 9.83. The van der Waals surface area contributed by atoms with Gasteiger partial charge in [0, 0.05) is 12.5 Å². The highest BCUT2D eigenvalue weighted by atomic mass is 16.1. The van der Waals surface area contributed by atoms with E-state index in [1.165, 1.54) is 13.0 Å². The van der Waals surface area contributed by atoms with Crippen LogP contribution in [-0.4, -0.2) is 15.8 Å². The predicted molar refractivity (Wildman–Crippen MR) is 44.0 cm³/mol. The van der Waals surface area contributed by atoms with Crippen LogP contribution in [0.3, 0.4) is 0 Å². The van der Waals surface area contributed by atoms with Gasteiger partial charge in [-0.1, -0.05) is 0 Å². The molecule has 0 spiro atoms. The third kappa shape index (κ3) is 2.30. The van der Waals surface area contributed by atoms with E-state index >= 15 is 0 Å². The molecule has 0 aliphatic rings. The van der Waals surface area contributed by atoms with Crippen molar-refractivity contribution in [3.8, 4) is 0 Å². The van der Waals surface area contributed by atoms with Crippen molar-refractivity contribution < 1.29 is 4.79 Å². The highest BCUT2D eigenvalue weighted by molar-refractivity contribution is 5.77. The number of aromatic nitrogens is 2. The topological polar surface area (TPSA) is 62.8 Å². The number of aryl methyl sites for hydroxylation is 1. The maximum Gasteiger partial charge on any atom is 0.251 e. The first-order chi connectivity index (χ1) is 5.58. The fourth-order valence-electron chi connectivity index (χ4n) is 0.987. The predicted octanol–water partition coefficient (Wildman–Crippen LogP) is 0.210. The van der Waals surface area contributed by atoms with E-state index < -0.39 is 0 Å². The Bertz CT molecular complexity index is 354. The molecule has 1 N–H and O–H groups in total. The molecular formula is C8H10N2O2. The molecule has 1 aromatic rings. The van der Waals surface area contributed by atoms with Gasteiger partial charge in [0.25, 0.3) is 5.56 Å². The number of hydrogen-bond acceptors (Lipinski definition) is 3. The maximum absolute atomic E-state index is 10.9. The van der Waals surface area contributed by atoms with Gasteiger partial charge in [-0.15, -0.1) is 0 Å². The van der Waals surface area contributed by atoms with E-state index in [9.17, 15) is 9.59 Å². The first-order valence-corrected chi connectivity index (χ1v) is 3.64. The maximum atomic E-state index is 10.9. The van der Waals surface area contributed by atoms with Crippen LogP contribution in [-0.2, 0) is 11.2 Å². The second-order valence-electron chi connectivity index (χ2n) is 2.70. The number of aromatic amines is 1. The van der Waals surface area contributed by atoms with Crippen LogP contribution >= 0.6 is 0 Å². The SMILES string of the molecule is CC(=O)Cc1cc(=O)[nH]c(C)n1. The summed E-state index contributed by atoms with van der Waals surface area (Å²) >= 11 is 0. The summed E-state index contributed by atoms with van der Waals surface area (Å²) in [6.07, 6.45) is 0.227. The summed E-state index contributed by atoms with van der Waals surface area (Å²) in [5.41, 5.74) is 0.322. The Balaban J connectivity index is 3.01. The van der Waals surface area contributed by atoms with Gasteiger partial charge in [-0.3, -0.25) is 9.59 Å². The highest BCUT2D eigenvalue weighted by Gasteiger charge is 2.00. The molecule has 0 aromatic carbocycles. The molecule has 0 unspecified atom stereocenters. The average molecular weight is 166 g/mol. The summed E-state index contributed by atoms with van der Waals surface area (Å²) in [4.78, 5) is 28.1. The standard InChI is InChI=1S/C8H10N2O2/c1-5(11)3-7-4-8(12)10-6(2)9-7/h4H,3H2,1-2H3,(H,9,10,12). The summed E-state index contributed by atoms with van der Waals surface area (Å²) in [6, 6.07) is 1.34. The molecule has 0 atom stereocenters. The Labute approximate surface area is 69.7 Å². The first kappa shape index (κ1) is 8.64. The van der Waals surface area contributed by atoms with Crippen LogP contribution in [0.1, 0.15) is 18.4 Å². The number of nitrogens with zero attached hydrogens (tertiary/aromatic N) is 1. The third-order valence-electron chi connectivity index (χ3n) is 1.34. The van der Waals surface area contributed by atoms with Gasteiger partial charge < -0.3 is 4.98 Å². The van der Waals surface area contributed by atoms with Crippen LogP contribution in [0, 0.1) is 6.92 Å². The summed E-state index contributed by atoms with van der Waals surface area (Å²) in [5.74, 6) is 0.547. The number of H-pyrrole nitrogens is 1. The van der Waals surface area contributed by atoms with Crippen molar-refractivity contribution in [2.75, 3.05) is 0 Å². The van der Waals surface area contributed by atoms with E-state index in [4.69, 9.17) is 0 Å². The van der Waals surface area contributed by atoms with Gasteiger partial charge in [0.2, 0.25) is 0 Å². The summed E-state index contributed by atoms with van der Waals surface area (Å²) in [6.45, 7) is 3.16. The average Bonchev–Trinajstić information content (AvgIpc) is 1.81. The minimum absolute atomic E-state index is 0.00694. The van der Waals surface area contributed by atoms with Gasteiger partial charge in [-0.2, -0.15) is 0 Å². The molecule has 64 valence electrons. The van der Waals surface area contributed by atoms with E-state index in [1.54, 1.807) is 6.92 Å². The fraction of sp³-hybridized carbons (Fsp3) is 0.375. The molecule has 4 heteroatoms. The minimum Gasteiger partial charge on any atom is -0.311 e. The number of hydrogen-bond donors (Lipinski definition) is 1. The van der Waals surface area contributed by atoms with Crippen molar-refractivity contribution >= 4 is 5.78 Å². The Kier molecular flexibility index (Phi) is 2.38. The van der Waals surface area contributed by atoms with Crippen LogP contribution in [0.2, 0.25) is 0 Å². The number of ketones is 1. The van der Waals surface area contributed by atoms with Crippen LogP contribution in [0.4, 0.5) is 0 Å². The van der Waals surface area contributed by atoms with Gasteiger partial charge in [-0.25, -0.2) is 4.98 Å². The number of carbonyl (C=O) groups excluding carboxylic acids is 1. The van der Waals surface area contributed by atoms with Gasteiger partial charge in [0.15, 0.2) is 0 Å². The molecule has 12 heavy (non-hydrogen) atoms. The van der Waals surface area contributed by atoms with E-state index in [0.29, 0.717) is 11.5 Å². The quantitative estimate of drug-likeness (QED) is 0.683. The first-order valence-electron chi connectivity index (χ1n) is 3.64. The van der Waals surface area contributed by atoms with Crippen molar-refractivity contribution in [3.05, 3.63) is 27.9 Å². The number of Topliss-reactive ketones (excluding diaryl/α,β-unsaturated/α-hetero) is 1. The fourth-order valence-corrected chi connectivity index (χ4v) is 0.987. The highest BCUT2D eigenvalue weighted by Crippen LogP contribution is 1.92. The molecule has 0 amide bonds. The van der Waals surface area contributed by atoms with Crippen molar-refractivity contribution in [1.29, 1.82) is 0 Å². The summed E-state index contributed by atoms with van der Waals surface area (Å²) in [5, 5.41) is 0. The van der Waals surface area contributed by atoms with Gasteiger partial charge >= 0.3 is 0 Å². The summed E-state index contributed by atoms with van der Waals surface area (Å²) in [7, 11) is 0. The summed E-state index contributed by atoms with van der Waals surface area (Å²) < 4.78 is 0. The van der Waals surface area contributed by atoms with E-state index in [0.717, 1.165) is 0 Å². The zero-order valence-electron chi connectivity index (χ0n) is 7.05. The molecule has 0 aliphatic heterocycles. The van der Waals surface area contributed by atoms with Crippen molar-refractivity contribution in [2.24, 2.45) is 0 Å². The van der Waals surface area contributed by atoms with Crippen LogP contribution < -0.4 is 5.56 Å². The Hall–Kier alpha value is -1.45. The molecule has 1 rings (SSSR count). The molecule has 0 fully saturated rings. The minimum atomic E-state index is -0.209. The second-order valence-corrected chi connectivity index (χ2v) is 2.70. The lowest BCUT2D eigenvalue weighted by Crippen LogP contribution is -2.12. The zero-order valence-corrected chi connectivity index (χ0v) is 7.05. The van der Waals surface area contributed by atoms with E-state index in [-0.39, 0.29) is 17.8 Å². The van der Waals surface area contributed by atoms with Crippen LogP contribution in [0.5, 0.6) is 0 Å². The van der Waals surface area contributed by atoms with Crippen molar-refractivity contribution in [1.82, 2.24) is 9.97 Å². The largest absolute Gasteiger partial charge is 0.311 e. The smallest absolute Gasteiger partial charge is 0.251 e. The van der Waals surface area contributed by atoms with Crippen molar-refractivity contribution in [3.63, 3.8) is 0 Å². The second kappa shape index (κ2) is 3.30. The lowest BCUT2D eigenvalue weighted by Gasteiger charge is -1.96. The Morgan fingerprint density at radius 1 is 1.67 bits per heavy atom. The lowest BCUT2D eigenvalue weighted by atomic mass is 10.2. The molecule has 0 aliphatic carbocycles. The number of nitrogens with one attached hydrogen (secondary N) is 1. The Morgan fingerprint density at radius 2 is 2.33 bits per heavy atom.